The van der Waals surface area contributed by atoms with Crippen LogP contribution >= 0.6 is 11.3 Å². The fourth-order valence-electron chi connectivity index (χ4n) is 3.06. The number of hydrogen-bond acceptors (Lipinski definition) is 6. The molecule has 0 saturated carbocycles. The van der Waals surface area contributed by atoms with Crippen molar-refractivity contribution in [3.05, 3.63) is 52.8 Å². The highest BCUT2D eigenvalue weighted by atomic mass is 32.1. The summed E-state index contributed by atoms with van der Waals surface area (Å²) < 4.78 is 7.61. The van der Waals surface area contributed by atoms with Gasteiger partial charge in [-0.05, 0) is 32.9 Å². The lowest BCUT2D eigenvalue weighted by Gasteiger charge is -2.10. The topological polar surface area (TPSA) is 81.9 Å². The second-order valence-electron chi connectivity index (χ2n) is 6.92. The molecule has 7 nitrogen and oxygen atoms in total. The van der Waals surface area contributed by atoms with E-state index in [9.17, 15) is 4.79 Å². The highest BCUT2D eigenvalue weighted by Gasteiger charge is 2.13. The van der Waals surface area contributed by atoms with E-state index >= 15 is 0 Å². The number of fused-ring (bicyclic) bond motifs is 1. The van der Waals surface area contributed by atoms with E-state index in [1.807, 2.05) is 57.5 Å². The third-order valence-corrected chi connectivity index (χ3v) is 5.43. The molecular weight excluding hydrogens is 386 g/mol. The molecule has 0 aliphatic carbocycles. The zero-order valence-electron chi connectivity index (χ0n) is 16.7. The van der Waals surface area contributed by atoms with Crippen LogP contribution in [-0.2, 0) is 11.8 Å². The van der Waals surface area contributed by atoms with Gasteiger partial charge < -0.3 is 4.74 Å². The molecule has 4 aromatic rings. The zero-order valence-corrected chi connectivity index (χ0v) is 17.5. The average Bonchev–Trinajstić information content (AvgIpc) is 3.27. The van der Waals surface area contributed by atoms with Gasteiger partial charge in [-0.3, -0.25) is 19.8 Å². The van der Waals surface area contributed by atoms with Crippen LogP contribution in [0.5, 0.6) is 5.75 Å². The van der Waals surface area contributed by atoms with Gasteiger partial charge in [0.25, 0.3) is 5.91 Å². The van der Waals surface area contributed by atoms with E-state index in [0.29, 0.717) is 10.9 Å². The van der Waals surface area contributed by atoms with E-state index in [4.69, 9.17) is 4.74 Å². The Balaban J connectivity index is 1.46. The van der Waals surface area contributed by atoms with Crippen molar-refractivity contribution in [2.24, 2.45) is 7.05 Å². The summed E-state index contributed by atoms with van der Waals surface area (Å²) in [6.45, 7) is 5.80. The lowest BCUT2D eigenvalue weighted by atomic mass is 10.1. The molecule has 0 atom stereocenters. The SMILES string of the molecule is Cc1ccc2nc(C)cc(OCC(=O)Nc3nc(-c4cnn(C)c4C)cs3)c2c1. The van der Waals surface area contributed by atoms with Crippen molar-refractivity contribution in [1.29, 1.82) is 0 Å². The first-order chi connectivity index (χ1) is 13.9. The quantitative estimate of drug-likeness (QED) is 0.540. The Kier molecular flexibility index (Phi) is 5.02. The van der Waals surface area contributed by atoms with Gasteiger partial charge in [0.15, 0.2) is 11.7 Å². The minimum Gasteiger partial charge on any atom is -0.483 e. The number of thiazole rings is 1. The number of hydrogen-bond donors (Lipinski definition) is 1. The molecule has 148 valence electrons. The van der Waals surface area contributed by atoms with Crippen LogP contribution in [0.2, 0.25) is 0 Å². The van der Waals surface area contributed by atoms with Gasteiger partial charge in [-0.2, -0.15) is 5.10 Å². The Labute approximate surface area is 172 Å². The Morgan fingerprint density at radius 3 is 2.79 bits per heavy atom. The van der Waals surface area contributed by atoms with Crippen LogP contribution in [0, 0.1) is 20.8 Å². The van der Waals surface area contributed by atoms with Crippen LogP contribution in [0.15, 0.2) is 35.8 Å². The first kappa shape index (κ1) is 19.1. The van der Waals surface area contributed by atoms with Crippen molar-refractivity contribution in [2.75, 3.05) is 11.9 Å². The third kappa shape index (κ3) is 3.97. The van der Waals surface area contributed by atoms with E-state index in [-0.39, 0.29) is 12.5 Å². The van der Waals surface area contributed by atoms with Gasteiger partial charge in [0.05, 0.1) is 17.4 Å². The standard InChI is InChI=1S/C21H21N5O2S/c1-12-5-6-17-15(7-12)19(8-13(2)23-17)28-10-20(27)25-21-24-18(11-29-21)16-9-22-26(4)14(16)3/h5-9,11H,10H2,1-4H3,(H,24,25,27). The van der Waals surface area contributed by atoms with Gasteiger partial charge in [0.1, 0.15) is 5.75 Å². The van der Waals surface area contributed by atoms with E-state index in [0.717, 1.165) is 39.1 Å². The number of carbonyl (C=O) groups is 1. The van der Waals surface area contributed by atoms with Crippen LogP contribution in [0.25, 0.3) is 22.2 Å². The molecule has 29 heavy (non-hydrogen) atoms. The molecule has 0 radical (unpaired) electrons. The van der Waals surface area contributed by atoms with Crippen molar-refractivity contribution < 1.29 is 9.53 Å². The number of ether oxygens (including phenoxy) is 1. The number of pyridine rings is 1. The Morgan fingerprint density at radius 1 is 1.21 bits per heavy atom. The summed E-state index contributed by atoms with van der Waals surface area (Å²) >= 11 is 1.37. The predicted octanol–water partition coefficient (Wildman–Crippen LogP) is 4.03. The van der Waals surface area contributed by atoms with E-state index in [1.54, 1.807) is 10.9 Å². The van der Waals surface area contributed by atoms with Crippen LogP contribution in [0.1, 0.15) is 17.0 Å². The fourth-order valence-corrected chi connectivity index (χ4v) is 3.78. The molecule has 0 aliphatic heterocycles. The van der Waals surface area contributed by atoms with Gasteiger partial charge in [0, 0.05) is 40.8 Å². The summed E-state index contributed by atoms with van der Waals surface area (Å²) in [7, 11) is 1.89. The highest BCUT2D eigenvalue weighted by Crippen LogP contribution is 2.28. The summed E-state index contributed by atoms with van der Waals surface area (Å²) in [6.07, 6.45) is 1.78. The summed E-state index contributed by atoms with van der Waals surface area (Å²) in [4.78, 5) is 21.4. The van der Waals surface area contributed by atoms with Gasteiger partial charge >= 0.3 is 0 Å². The lowest BCUT2D eigenvalue weighted by Crippen LogP contribution is -2.20. The summed E-state index contributed by atoms with van der Waals surface area (Å²) in [6, 6.07) is 7.83. The Morgan fingerprint density at radius 2 is 2.03 bits per heavy atom. The number of anilines is 1. The zero-order chi connectivity index (χ0) is 20.5. The molecule has 0 bridgehead atoms. The van der Waals surface area contributed by atoms with Crippen molar-refractivity contribution in [1.82, 2.24) is 19.7 Å². The molecule has 1 aromatic carbocycles. The van der Waals surface area contributed by atoms with Crippen molar-refractivity contribution in [2.45, 2.75) is 20.8 Å². The average molecular weight is 407 g/mol. The van der Waals surface area contributed by atoms with E-state index in [1.165, 1.54) is 11.3 Å². The monoisotopic (exact) mass is 407 g/mol. The summed E-state index contributed by atoms with van der Waals surface area (Å²) in [5, 5.41) is 10.4. The lowest BCUT2D eigenvalue weighted by molar-refractivity contribution is -0.118. The van der Waals surface area contributed by atoms with Gasteiger partial charge in [0.2, 0.25) is 0 Å². The second-order valence-corrected chi connectivity index (χ2v) is 7.78. The molecule has 0 unspecified atom stereocenters. The minimum atomic E-state index is -0.260. The van der Waals surface area contributed by atoms with Crippen LogP contribution in [-0.4, -0.2) is 32.3 Å². The molecule has 4 rings (SSSR count). The minimum absolute atomic E-state index is 0.104. The normalized spacial score (nSPS) is 11.0. The fraction of sp³-hybridized carbons (Fsp3) is 0.238. The van der Waals surface area contributed by atoms with Gasteiger partial charge in [-0.1, -0.05) is 11.6 Å². The maximum absolute atomic E-state index is 12.4. The van der Waals surface area contributed by atoms with Crippen molar-refractivity contribution in [3.63, 3.8) is 0 Å². The summed E-state index contributed by atoms with van der Waals surface area (Å²) in [5.74, 6) is 0.390. The predicted molar refractivity (Wildman–Crippen MR) is 114 cm³/mol. The number of aryl methyl sites for hydroxylation is 3. The summed E-state index contributed by atoms with van der Waals surface area (Å²) in [5.41, 5.74) is 5.57. The Hall–Kier alpha value is -3.26. The number of rotatable bonds is 5. The number of carbonyl (C=O) groups excluding carboxylic acids is 1. The van der Waals surface area contributed by atoms with Crippen LogP contribution < -0.4 is 10.1 Å². The van der Waals surface area contributed by atoms with Gasteiger partial charge in [-0.15, -0.1) is 11.3 Å². The molecule has 0 spiro atoms. The van der Waals surface area contributed by atoms with E-state index in [2.05, 4.69) is 20.4 Å². The molecule has 0 aliphatic rings. The number of benzene rings is 1. The smallest absolute Gasteiger partial charge is 0.264 e. The molecule has 8 heteroatoms. The molecule has 0 saturated heterocycles. The number of aromatic nitrogens is 4. The Bertz CT molecular complexity index is 1210. The molecule has 0 fully saturated rings. The van der Waals surface area contributed by atoms with E-state index < -0.39 is 0 Å². The van der Waals surface area contributed by atoms with Crippen LogP contribution in [0.4, 0.5) is 5.13 Å². The van der Waals surface area contributed by atoms with Crippen LogP contribution in [0.3, 0.4) is 0 Å². The second kappa shape index (κ2) is 7.63. The first-order valence-electron chi connectivity index (χ1n) is 9.16. The maximum Gasteiger partial charge on any atom is 0.264 e. The molecule has 3 heterocycles. The molecular formula is C21H21N5O2S. The third-order valence-electron chi connectivity index (χ3n) is 4.67. The number of nitrogens with zero attached hydrogens (tertiary/aromatic N) is 4. The largest absolute Gasteiger partial charge is 0.483 e. The molecule has 3 aromatic heterocycles. The van der Waals surface area contributed by atoms with Crippen molar-refractivity contribution >= 4 is 33.3 Å². The number of amides is 1. The maximum atomic E-state index is 12.4. The highest BCUT2D eigenvalue weighted by molar-refractivity contribution is 7.14. The van der Waals surface area contributed by atoms with Crippen molar-refractivity contribution in [3.8, 4) is 17.0 Å². The first-order valence-corrected chi connectivity index (χ1v) is 10.0. The van der Waals surface area contributed by atoms with Gasteiger partial charge in [-0.25, -0.2) is 4.98 Å². The number of nitrogens with one attached hydrogen (secondary N) is 1. The molecule has 1 N–H and O–H groups in total. The molecule has 1 amide bonds.